The predicted molar refractivity (Wildman–Crippen MR) is 126 cm³/mol. The van der Waals surface area contributed by atoms with Crippen molar-refractivity contribution in [3.8, 4) is 11.5 Å². The molecule has 0 radical (unpaired) electrons. The van der Waals surface area contributed by atoms with Crippen molar-refractivity contribution < 1.29 is 9.47 Å². The number of hydrogen-bond donors (Lipinski definition) is 1. The summed E-state index contributed by atoms with van der Waals surface area (Å²) < 4.78 is 11.6. The number of hydrogen-bond acceptors (Lipinski definition) is 4. The molecule has 0 aromatic heterocycles. The SMILES string of the molecule is CCOc1cc(C=NNc2ccc(Cl)c(Cl)c2)ccc1OCc1c(Cl)cccc1Cl. The van der Waals surface area contributed by atoms with Crippen molar-refractivity contribution in [2.75, 3.05) is 12.0 Å². The molecule has 0 unspecified atom stereocenters. The Balaban J connectivity index is 1.71. The van der Waals surface area contributed by atoms with E-state index in [2.05, 4.69) is 10.5 Å². The number of halogens is 4. The summed E-state index contributed by atoms with van der Waals surface area (Å²) in [6.07, 6.45) is 1.67. The van der Waals surface area contributed by atoms with Crippen LogP contribution in [0.15, 0.2) is 59.7 Å². The van der Waals surface area contributed by atoms with Gasteiger partial charge in [-0.15, -0.1) is 0 Å². The molecule has 0 saturated heterocycles. The van der Waals surface area contributed by atoms with Crippen LogP contribution in [0.1, 0.15) is 18.1 Å². The van der Waals surface area contributed by atoms with E-state index in [-0.39, 0.29) is 6.61 Å². The highest BCUT2D eigenvalue weighted by molar-refractivity contribution is 6.42. The lowest BCUT2D eigenvalue weighted by Gasteiger charge is -2.14. The highest BCUT2D eigenvalue weighted by atomic mass is 35.5. The number of nitrogens with zero attached hydrogens (tertiary/aromatic N) is 1. The van der Waals surface area contributed by atoms with E-state index >= 15 is 0 Å². The lowest BCUT2D eigenvalue weighted by Crippen LogP contribution is -2.01. The van der Waals surface area contributed by atoms with E-state index in [1.165, 1.54) is 0 Å². The summed E-state index contributed by atoms with van der Waals surface area (Å²) in [6.45, 7) is 2.62. The minimum absolute atomic E-state index is 0.227. The molecule has 1 N–H and O–H groups in total. The maximum absolute atomic E-state index is 6.21. The molecule has 0 spiro atoms. The number of hydrazone groups is 1. The van der Waals surface area contributed by atoms with Gasteiger partial charge in [-0.3, -0.25) is 5.43 Å². The summed E-state index contributed by atoms with van der Waals surface area (Å²) >= 11 is 24.3. The van der Waals surface area contributed by atoms with Gasteiger partial charge in [0.2, 0.25) is 0 Å². The summed E-state index contributed by atoms with van der Waals surface area (Å²) in [5, 5.41) is 6.27. The average molecular weight is 484 g/mol. The zero-order chi connectivity index (χ0) is 21.5. The number of nitrogens with one attached hydrogen (secondary N) is 1. The molecule has 3 aromatic carbocycles. The molecule has 3 rings (SSSR count). The Morgan fingerprint density at radius 2 is 1.60 bits per heavy atom. The third kappa shape index (κ3) is 5.96. The molecule has 0 aliphatic heterocycles. The molecule has 0 heterocycles. The van der Waals surface area contributed by atoms with Gasteiger partial charge in [-0.05, 0) is 61.0 Å². The monoisotopic (exact) mass is 482 g/mol. The molecular weight excluding hydrogens is 466 g/mol. The molecule has 0 saturated carbocycles. The molecule has 156 valence electrons. The largest absolute Gasteiger partial charge is 0.490 e. The molecule has 8 heteroatoms. The van der Waals surface area contributed by atoms with Gasteiger partial charge < -0.3 is 9.47 Å². The molecule has 3 aromatic rings. The summed E-state index contributed by atoms with van der Waals surface area (Å²) in [7, 11) is 0. The fourth-order valence-electron chi connectivity index (χ4n) is 2.56. The Kier molecular flexibility index (Phi) is 8.11. The Bertz CT molecular complexity index is 1040. The molecule has 0 bridgehead atoms. The molecular formula is C22H18Cl4N2O2. The maximum atomic E-state index is 6.21. The first kappa shape index (κ1) is 22.6. The van der Waals surface area contributed by atoms with Gasteiger partial charge in [0.05, 0.1) is 28.6 Å². The van der Waals surface area contributed by atoms with Crippen molar-refractivity contribution in [2.45, 2.75) is 13.5 Å². The Morgan fingerprint density at radius 3 is 2.30 bits per heavy atom. The van der Waals surface area contributed by atoms with Gasteiger partial charge in [0.1, 0.15) is 6.61 Å². The van der Waals surface area contributed by atoms with Crippen molar-refractivity contribution in [1.82, 2.24) is 0 Å². The lowest BCUT2D eigenvalue weighted by atomic mass is 10.2. The molecule has 0 aliphatic carbocycles. The van der Waals surface area contributed by atoms with Crippen LogP contribution in [0.25, 0.3) is 0 Å². The van der Waals surface area contributed by atoms with Crippen LogP contribution in [0.3, 0.4) is 0 Å². The van der Waals surface area contributed by atoms with Gasteiger partial charge in [0.15, 0.2) is 11.5 Å². The van der Waals surface area contributed by atoms with Crippen molar-refractivity contribution in [3.05, 3.63) is 85.8 Å². The first-order valence-electron chi connectivity index (χ1n) is 9.04. The third-order valence-electron chi connectivity index (χ3n) is 4.03. The molecule has 4 nitrogen and oxygen atoms in total. The summed E-state index contributed by atoms with van der Waals surface area (Å²) in [5.41, 5.74) is 5.19. The van der Waals surface area contributed by atoms with Crippen molar-refractivity contribution >= 4 is 58.3 Å². The van der Waals surface area contributed by atoms with Crippen LogP contribution in [-0.4, -0.2) is 12.8 Å². The minimum Gasteiger partial charge on any atom is -0.490 e. The summed E-state index contributed by atoms with van der Waals surface area (Å²) in [6, 6.07) is 16.0. The van der Waals surface area contributed by atoms with Crippen LogP contribution in [0.5, 0.6) is 11.5 Å². The number of ether oxygens (including phenoxy) is 2. The average Bonchev–Trinajstić information content (AvgIpc) is 2.72. The smallest absolute Gasteiger partial charge is 0.161 e. The zero-order valence-electron chi connectivity index (χ0n) is 16.0. The van der Waals surface area contributed by atoms with Crippen LogP contribution in [-0.2, 0) is 6.61 Å². The maximum Gasteiger partial charge on any atom is 0.161 e. The van der Waals surface area contributed by atoms with Gasteiger partial charge in [-0.25, -0.2) is 0 Å². The minimum atomic E-state index is 0.227. The van der Waals surface area contributed by atoms with Crippen molar-refractivity contribution in [3.63, 3.8) is 0 Å². The van der Waals surface area contributed by atoms with Crippen LogP contribution in [0.4, 0.5) is 5.69 Å². The normalized spacial score (nSPS) is 11.0. The highest BCUT2D eigenvalue weighted by Crippen LogP contribution is 2.31. The number of anilines is 1. The second-order valence-corrected chi connectivity index (χ2v) is 7.76. The highest BCUT2D eigenvalue weighted by Gasteiger charge is 2.10. The summed E-state index contributed by atoms with van der Waals surface area (Å²) in [4.78, 5) is 0. The first-order valence-corrected chi connectivity index (χ1v) is 10.6. The molecule has 0 aliphatic rings. The van der Waals surface area contributed by atoms with Crippen LogP contribution in [0, 0.1) is 0 Å². The third-order valence-corrected chi connectivity index (χ3v) is 5.48. The Hall–Kier alpha value is -2.11. The van der Waals surface area contributed by atoms with Crippen LogP contribution in [0.2, 0.25) is 20.1 Å². The number of rotatable bonds is 8. The fraction of sp³-hybridized carbons (Fsp3) is 0.136. The van der Waals surface area contributed by atoms with E-state index in [0.29, 0.717) is 38.2 Å². The van der Waals surface area contributed by atoms with Gasteiger partial charge in [0.25, 0.3) is 0 Å². The standard InChI is InChI=1S/C22H18Cl4N2O2/c1-2-29-22-10-14(12-27-28-15-7-8-19(25)20(26)11-15)6-9-21(22)30-13-16-17(23)4-3-5-18(16)24/h3-12,28H,2,13H2,1H3. The van der Waals surface area contributed by atoms with E-state index in [4.69, 9.17) is 55.9 Å². The molecule has 0 fully saturated rings. The van der Waals surface area contributed by atoms with Crippen LogP contribution >= 0.6 is 46.4 Å². The zero-order valence-corrected chi connectivity index (χ0v) is 19.0. The quantitative estimate of drug-likeness (QED) is 0.263. The van der Waals surface area contributed by atoms with E-state index in [1.54, 1.807) is 42.6 Å². The Labute approximate surface area is 195 Å². The first-order chi connectivity index (χ1) is 14.5. The van der Waals surface area contributed by atoms with Gasteiger partial charge in [-0.1, -0.05) is 52.5 Å². The summed E-state index contributed by atoms with van der Waals surface area (Å²) in [5.74, 6) is 1.18. The van der Waals surface area contributed by atoms with Gasteiger partial charge >= 0.3 is 0 Å². The predicted octanol–water partition coefficient (Wildman–Crippen LogP) is 7.72. The topological polar surface area (TPSA) is 42.8 Å². The second kappa shape index (κ2) is 10.8. The fourth-order valence-corrected chi connectivity index (χ4v) is 3.36. The van der Waals surface area contributed by atoms with E-state index in [1.807, 2.05) is 25.1 Å². The van der Waals surface area contributed by atoms with E-state index in [9.17, 15) is 0 Å². The lowest BCUT2D eigenvalue weighted by molar-refractivity contribution is 0.269. The van der Waals surface area contributed by atoms with Crippen molar-refractivity contribution in [1.29, 1.82) is 0 Å². The number of benzene rings is 3. The second-order valence-electron chi connectivity index (χ2n) is 6.13. The van der Waals surface area contributed by atoms with E-state index < -0.39 is 0 Å². The molecule has 0 atom stereocenters. The molecule has 30 heavy (non-hydrogen) atoms. The molecule has 0 amide bonds. The van der Waals surface area contributed by atoms with Crippen molar-refractivity contribution in [2.24, 2.45) is 5.10 Å². The Morgan fingerprint density at radius 1 is 0.833 bits per heavy atom. The van der Waals surface area contributed by atoms with Crippen LogP contribution < -0.4 is 14.9 Å². The van der Waals surface area contributed by atoms with E-state index in [0.717, 1.165) is 16.8 Å². The van der Waals surface area contributed by atoms with Gasteiger partial charge in [0, 0.05) is 15.6 Å². The van der Waals surface area contributed by atoms with Gasteiger partial charge in [-0.2, -0.15) is 5.10 Å².